The molecule has 0 unspecified atom stereocenters. The lowest BCUT2D eigenvalue weighted by Gasteiger charge is -2.01. The van der Waals surface area contributed by atoms with Gasteiger partial charge in [0.1, 0.15) is 0 Å². The third-order valence-corrected chi connectivity index (χ3v) is 1.39. The van der Waals surface area contributed by atoms with E-state index in [0.29, 0.717) is 0 Å². The molecule has 0 aromatic heterocycles. The van der Waals surface area contributed by atoms with Crippen LogP contribution < -0.4 is 0 Å². The van der Waals surface area contributed by atoms with E-state index in [9.17, 15) is 13.2 Å². The Balaban J connectivity index is 2.53. The van der Waals surface area contributed by atoms with Crippen molar-refractivity contribution in [1.82, 2.24) is 0 Å². The first-order valence-corrected chi connectivity index (χ1v) is 3.18. The molecule has 1 aliphatic rings. The van der Waals surface area contributed by atoms with Crippen molar-refractivity contribution < 1.29 is 13.2 Å². The minimum Gasteiger partial charge on any atom is -0.266 e. The zero-order valence-corrected chi connectivity index (χ0v) is 5.71. The van der Waals surface area contributed by atoms with Gasteiger partial charge < -0.3 is 0 Å². The van der Waals surface area contributed by atoms with Crippen LogP contribution in [0.15, 0.2) is 4.99 Å². The Bertz CT molecular complexity index is 159. The Hall–Kier alpha value is -0.250. The average molecular weight is 172 g/mol. The number of nitrogens with zero attached hydrogens (tertiary/aromatic N) is 1. The van der Waals surface area contributed by atoms with Crippen LogP contribution in [-0.2, 0) is 0 Å². The lowest BCUT2D eigenvalue weighted by atomic mass is 10.6. The van der Waals surface area contributed by atoms with E-state index in [1.54, 1.807) is 0 Å². The van der Waals surface area contributed by atoms with Crippen LogP contribution in [0, 0.1) is 0 Å². The molecule has 0 amide bonds. The van der Waals surface area contributed by atoms with Crippen molar-refractivity contribution in [3.05, 3.63) is 0 Å². The summed E-state index contributed by atoms with van der Waals surface area (Å²) >= 11 is 4.82. The van der Waals surface area contributed by atoms with E-state index in [1.165, 1.54) is 0 Å². The highest BCUT2D eigenvalue weighted by Gasteiger charge is 2.36. The molecule has 0 heterocycles. The zero-order valence-electron chi connectivity index (χ0n) is 4.95. The molecule has 5 heteroatoms. The highest BCUT2D eigenvalue weighted by Crippen LogP contribution is 2.28. The molecule has 1 nitrogen and oxygen atoms in total. The second kappa shape index (κ2) is 2.42. The van der Waals surface area contributed by atoms with Gasteiger partial charge in [0.2, 0.25) is 5.17 Å². The quantitative estimate of drug-likeness (QED) is 0.537. The summed E-state index contributed by atoms with van der Waals surface area (Å²) in [7, 11) is 0. The Morgan fingerprint density at radius 3 is 2.20 bits per heavy atom. The molecule has 0 aliphatic heterocycles. The van der Waals surface area contributed by atoms with Gasteiger partial charge in [-0.2, -0.15) is 13.2 Å². The summed E-state index contributed by atoms with van der Waals surface area (Å²) in [4.78, 5) is 3.22. The molecule has 0 atom stereocenters. The molecule has 10 heavy (non-hydrogen) atoms. The number of rotatable bonds is 1. The van der Waals surface area contributed by atoms with Crippen molar-refractivity contribution in [2.24, 2.45) is 4.99 Å². The summed E-state index contributed by atoms with van der Waals surface area (Å²) in [5.41, 5.74) is 0. The predicted molar refractivity (Wildman–Crippen MR) is 32.4 cm³/mol. The van der Waals surface area contributed by atoms with Gasteiger partial charge in [-0.1, -0.05) is 11.6 Å². The van der Waals surface area contributed by atoms with Gasteiger partial charge in [0.15, 0.2) is 0 Å². The SMILES string of the molecule is FC(F)(F)C(Cl)=NC1CC1. The van der Waals surface area contributed by atoms with Crippen LogP contribution in [-0.4, -0.2) is 17.4 Å². The summed E-state index contributed by atoms with van der Waals surface area (Å²) in [6.45, 7) is 0. The zero-order chi connectivity index (χ0) is 7.78. The minimum atomic E-state index is -4.45. The van der Waals surface area contributed by atoms with E-state index in [1.807, 2.05) is 0 Å². The number of hydrogen-bond acceptors (Lipinski definition) is 1. The first-order valence-electron chi connectivity index (χ1n) is 2.80. The van der Waals surface area contributed by atoms with Crippen LogP contribution in [0.1, 0.15) is 12.8 Å². The maximum absolute atomic E-state index is 11.6. The first kappa shape index (κ1) is 7.85. The fourth-order valence-corrected chi connectivity index (χ4v) is 0.575. The molecule has 1 saturated carbocycles. The topological polar surface area (TPSA) is 12.4 Å². The maximum atomic E-state index is 11.6. The molecule has 0 N–H and O–H groups in total. The second-order valence-electron chi connectivity index (χ2n) is 2.15. The second-order valence-corrected chi connectivity index (χ2v) is 2.51. The molecule has 58 valence electrons. The van der Waals surface area contributed by atoms with Gasteiger partial charge >= 0.3 is 6.18 Å². The summed E-state index contributed by atoms with van der Waals surface area (Å²) in [5, 5.41) is -1.23. The number of halogens is 4. The van der Waals surface area contributed by atoms with E-state index in [-0.39, 0.29) is 6.04 Å². The molecule has 1 rings (SSSR count). The molecule has 1 aliphatic carbocycles. The van der Waals surface area contributed by atoms with Gasteiger partial charge in [-0.15, -0.1) is 0 Å². The third kappa shape index (κ3) is 2.17. The van der Waals surface area contributed by atoms with Crippen LogP contribution >= 0.6 is 11.6 Å². The lowest BCUT2D eigenvalue weighted by Crippen LogP contribution is -2.17. The van der Waals surface area contributed by atoms with Crippen LogP contribution in [0.5, 0.6) is 0 Å². The number of hydrogen-bond donors (Lipinski definition) is 0. The molecule has 0 bridgehead atoms. The molecular weight excluding hydrogens is 167 g/mol. The van der Waals surface area contributed by atoms with Crippen LogP contribution in [0.3, 0.4) is 0 Å². The molecule has 1 fully saturated rings. The summed E-state index contributed by atoms with van der Waals surface area (Å²) in [6.07, 6.45) is -3.00. The largest absolute Gasteiger partial charge is 0.444 e. The van der Waals surface area contributed by atoms with Gasteiger partial charge in [0.25, 0.3) is 0 Å². The summed E-state index contributed by atoms with van der Waals surface area (Å²) in [5.74, 6) is 0. The van der Waals surface area contributed by atoms with E-state index in [4.69, 9.17) is 11.6 Å². The fourth-order valence-electron chi connectivity index (χ4n) is 0.437. The first-order chi connectivity index (χ1) is 4.50. The van der Waals surface area contributed by atoms with Crippen LogP contribution in [0.25, 0.3) is 0 Å². The van der Waals surface area contributed by atoms with Crippen molar-refractivity contribution in [3.63, 3.8) is 0 Å². The summed E-state index contributed by atoms with van der Waals surface area (Å²) < 4.78 is 34.7. The minimum absolute atomic E-state index is 0.172. The third-order valence-electron chi connectivity index (χ3n) is 1.08. The Labute approximate surface area is 60.9 Å². The maximum Gasteiger partial charge on any atom is 0.444 e. The van der Waals surface area contributed by atoms with Gasteiger partial charge in [0, 0.05) is 0 Å². The lowest BCUT2D eigenvalue weighted by molar-refractivity contribution is -0.0561. The van der Waals surface area contributed by atoms with E-state index in [2.05, 4.69) is 4.99 Å². The Kier molecular flexibility index (Phi) is 1.90. The van der Waals surface area contributed by atoms with Gasteiger partial charge in [0.05, 0.1) is 6.04 Å². The average Bonchev–Trinajstić information content (AvgIpc) is 2.47. The standard InChI is InChI=1S/C5H5ClF3N/c6-4(5(7,8)9)10-3-1-2-3/h3H,1-2H2. The number of alkyl halides is 3. The van der Waals surface area contributed by atoms with Crippen molar-refractivity contribution >= 4 is 16.8 Å². The van der Waals surface area contributed by atoms with Crippen molar-refractivity contribution in [2.45, 2.75) is 25.1 Å². The predicted octanol–water partition coefficient (Wildman–Crippen LogP) is 2.35. The normalized spacial score (nSPS) is 21.4. The van der Waals surface area contributed by atoms with Crippen molar-refractivity contribution in [3.8, 4) is 0 Å². The fraction of sp³-hybridized carbons (Fsp3) is 0.800. The monoisotopic (exact) mass is 171 g/mol. The molecule has 0 spiro atoms. The van der Waals surface area contributed by atoms with Gasteiger partial charge in [-0.05, 0) is 12.8 Å². The van der Waals surface area contributed by atoms with Gasteiger partial charge in [-0.25, -0.2) is 0 Å². The smallest absolute Gasteiger partial charge is 0.266 e. The Morgan fingerprint density at radius 1 is 1.40 bits per heavy atom. The van der Waals surface area contributed by atoms with Crippen molar-refractivity contribution in [1.29, 1.82) is 0 Å². The van der Waals surface area contributed by atoms with Crippen LogP contribution in [0.2, 0.25) is 0 Å². The molecular formula is C5H5ClF3N. The van der Waals surface area contributed by atoms with E-state index < -0.39 is 11.3 Å². The van der Waals surface area contributed by atoms with Gasteiger partial charge in [-0.3, -0.25) is 4.99 Å². The number of aliphatic imine (C=N–C) groups is 1. The van der Waals surface area contributed by atoms with E-state index >= 15 is 0 Å². The van der Waals surface area contributed by atoms with E-state index in [0.717, 1.165) is 12.8 Å². The highest BCUT2D eigenvalue weighted by atomic mass is 35.5. The summed E-state index contributed by atoms with van der Waals surface area (Å²) in [6, 6.07) is -0.172. The molecule has 0 aromatic rings. The van der Waals surface area contributed by atoms with Crippen LogP contribution in [0.4, 0.5) is 13.2 Å². The molecule has 0 radical (unpaired) electrons. The highest BCUT2D eigenvalue weighted by molar-refractivity contribution is 6.66. The van der Waals surface area contributed by atoms with Crippen molar-refractivity contribution in [2.75, 3.05) is 0 Å². The molecule has 0 saturated heterocycles. The Morgan fingerprint density at radius 2 is 1.90 bits per heavy atom. The molecule has 0 aromatic carbocycles.